The third-order valence-corrected chi connectivity index (χ3v) is 8.46. The van der Waals surface area contributed by atoms with Crippen molar-refractivity contribution in [1.82, 2.24) is 0 Å². The van der Waals surface area contributed by atoms with Crippen LogP contribution in [-0.2, 0) is 0 Å². The van der Waals surface area contributed by atoms with Crippen molar-refractivity contribution < 1.29 is 0 Å². The molecule has 0 radical (unpaired) electrons. The van der Waals surface area contributed by atoms with Crippen molar-refractivity contribution in [2.75, 3.05) is 0 Å². The predicted molar refractivity (Wildman–Crippen MR) is 84.3 cm³/mol. The van der Waals surface area contributed by atoms with E-state index in [1.54, 1.807) is 0 Å². The van der Waals surface area contributed by atoms with Crippen LogP contribution in [0.2, 0.25) is 0 Å². The molecule has 0 spiro atoms. The zero-order valence-electron chi connectivity index (χ0n) is 13.5. The van der Waals surface area contributed by atoms with Crippen molar-refractivity contribution >= 4 is 0 Å². The molecular formula is C19H33N. The zero-order valence-corrected chi connectivity index (χ0v) is 13.5. The fourth-order valence-corrected chi connectivity index (χ4v) is 7.34. The maximum atomic E-state index is 6.77. The Labute approximate surface area is 125 Å². The average molecular weight is 275 g/mol. The molecule has 4 fully saturated rings. The Hall–Kier alpha value is -0.0400. The van der Waals surface area contributed by atoms with E-state index in [4.69, 9.17) is 5.73 Å². The number of hydrogen-bond acceptors (Lipinski definition) is 1. The molecule has 4 saturated carbocycles. The molecule has 1 heteroatoms. The van der Waals surface area contributed by atoms with Crippen LogP contribution in [0, 0.1) is 34.5 Å². The quantitative estimate of drug-likeness (QED) is 0.678. The van der Waals surface area contributed by atoms with E-state index >= 15 is 0 Å². The van der Waals surface area contributed by atoms with Gasteiger partial charge < -0.3 is 5.73 Å². The van der Waals surface area contributed by atoms with Gasteiger partial charge in [0, 0.05) is 6.04 Å². The summed E-state index contributed by atoms with van der Waals surface area (Å²) in [6.07, 6.45) is 14.6. The van der Waals surface area contributed by atoms with Crippen molar-refractivity contribution in [3.8, 4) is 0 Å². The highest BCUT2D eigenvalue weighted by atomic mass is 14.8. The highest BCUT2D eigenvalue weighted by Gasteiger charge is 2.59. The SMILES string of the molecule is C[C@@]12CCC[C@H]1[C@@H]1[C@H](N)CC3CCCC[C@]3(C)[C@H]1CC2. The lowest BCUT2D eigenvalue weighted by Crippen LogP contribution is -2.59. The van der Waals surface area contributed by atoms with Crippen LogP contribution in [0.1, 0.15) is 78.1 Å². The summed E-state index contributed by atoms with van der Waals surface area (Å²) in [5.74, 6) is 3.71. The van der Waals surface area contributed by atoms with E-state index < -0.39 is 0 Å². The molecule has 0 bridgehead atoms. The van der Waals surface area contributed by atoms with Gasteiger partial charge in [-0.05, 0) is 79.4 Å². The summed E-state index contributed by atoms with van der Waals surface area (Å²) >= 11 is 0. The molecule has 4 aliphatic carbocycles. The Bertz CT molecular complexity index is 391. The molecule has 0 aromatic carbocycles. The molecule has 0 aromatic heterocycles. The van der Waals surface area contributed by atoms with Gasteiger partial charge in [-0.15, -0.1) is 0 Å². The van der Waals surface area contributed by atoms with Gasteiger partial charge in [0.1, 0.15) is 0 Å². The van der Waals surface area contributed by atoms with E-state index in [-0.39, 0.29) is 0 Å². The summed E-state index contributed by atoms with van der Waals surface area (Å²) in [6.45, 7) is 5.24. The van der Waals surface area contributed by atoms with Crippen LogP contribution >= 0.6 is 0 Å². The lowest BCUT2D eigenvalue weighted by molar-refractivity contribution is -0.112. The van der Waals surface area contributed by atoms with E-state index in [9.17, 15) is 0 Å². The van der Waals surface area contributed by atoms with Gasteiger partial charge >= 0.3 is 0 Å². The minimum absolute atomic E-state index is 0.513. The van der Waals surface area contributed by atoms with Crippen molar-refractivity contribution in [2.45, 2.75) is 84.1 Å². The van der Waals surface area contributed by atoms with Crippen molar-refractivity contribution in [3.63, 3.8) is 0 Å². The second-order valence-electron chi connectivity index (χ2n) is 9.22. The molecule has 1 unspecified atom stereocenters. The van der Waals surface area contributed by atoms with E-state index in [0.717, 1.165) is 23.7 Å². The molecular weight excluding hydrogens is 242 g/mol. The predicted octanol–water partition coefficient (Wildman–Crippen LogP) is 4.75. The van der Waals surface area contributed by atoms with Crippen LogP contribution in [0.3, 0.4) is 0 Å². The van der Waals surface area contributed by atoms with Gasteiger partial charge in [-0.1, -0.05) is 33.1 Å². The van der Waals surface area contributed by atoms with Gasteiger partial charge in [0.2, 0.25) is 0 Å². The smallest absolute Gasteiger partial charge is 0.00757 e. The molecule has 7 atom stereocenters. The van der Waals surface area contributed by atoms with Crippen molar-refractivity contribution in [1.29, 1.82) is 0 Å². The molecule has 4 aliphatic rings. The van der Waals surface area contributed by atoms with Crippen LogP contribution in [-0.4, -0.2) is 6.04 Å². The molecule has 0 saturated heterocycles. The molecule has 20 heavy (non-hydrogen) atoms. The van der Waals surface area contributed by atoms with E-state index in [1.807, 2.05) is 0 Å². The molecule has 4 rings (SSSR count). The van der Waals surface area contributed by atoms with E-state index in [2.05, 4.69) is 13.8 Å². The average Bonchev–Trinajstić information content (AvgIpc) is 2.81. The second-order valence-corrected chi connectivity index (χ2v) is 9.22. The van der Waals surface area contributed by atoms with Crippen molar-refractivity contribution in [3.05, 3.63) is 0 Å². The Kier molecular flexibility index (Phi) is 3.05. The number of fused-ring (bicyclic) bond motifs is 5. The monoisotopic (exact) mass is 275 g/mol. The van der Waals surface area contributed by atoms with Gasteiger partial charge in [-0.2, -0.15) is 0 Å². The number of hydrogen-bond donors (Lipinski definition) is 1. The van der Waals surface area contributed by atoms with Crippen LogP contribution in [0.5, 0.6) is 0 Å². The van der Waals surface area contributed by atoms with E-state index in [0.29, 0.717) is 16.9 Å². The molecule has 0 amide bonds. The van der Waals surface area contributed by atoms with Gasteiger partial charge in [0.05, 0.1) is 0 Å². The summed E-state index contributed by atoms with van der Waals surface area (Å²) in [7, 11) is 0. The van der Waals surface area contributed by atoms with E-state index in [1.165, 1.54) is 64.2 Å². The third-order valence-electron chi connectivity index (χ3n) is 8.46. The first-order valence-corrected chi connectivity index (χ1v) is 9.30. The van der Waals surface area contributed by atoms with Gasteiger partial charge in [-0.25, -0.2) is 0 Å². The summed E-state index contributed by atoms with van der Waals surface area (Å²) in [5, 5.41) is 0. The molecule has 0 heterocycles. The van der Waals surface area contributed by atoms with Crippen LogP contribution in [0.15, 0.2) is 0 Å². The normalized spacial score (nSPS) is 58.6. The largest absolute Gasteiger partial charge is 0.327 e. The van der Waals surface area contributed by atoms with Gasteiger partial charge in [0.15, 0.2) is 0 Å². The Morgan fingerprint density at radius 2 is 1.70 bits per heavy atom. The zero-order chi connectivity index (χ0) is 14.0. The summed E-state index contributed by atoms with van der Waals surface area (Å²) in [4.78, 5) is 0. The first kappa shape index (κ1) is 13.6. The maximum Gasteiger partial charge on any atom is 0.00757 e. The molecule has 114 valence electrons. The first-order chi connectivity index (χ1) is 9.55. The van der Waals surface area contributed by atoms with Crippen molar-refractivity contribution in [2.24, 2.45) is 40.2 Å². The summed E-state index contributed by atoms with van der Waals surface area (Å²) in [6, 6.07) is 0.513. The van der Waals surface area contributed by atoms with Crippen LogP contribution < -0.4 is 5.73 Å². The Morgan fingerprint density at radius 1 is 0.850 bits per heavy atom. The van der Waals surface area contributed by atoms with Crippen LogP contribution in [0.25, 0.3) is 0 Å². The fourth-order valence-electron chi connectivity index (χ4n) is 7.34. The highest BCUT2D eigenvalue weighted by Crippen LogP contribution is 2.65. The lowest BCUT2D eigenvalue weighted by Gasteiger charge is -2.61. The highest BCUT2D eigenvalue weighted by molar-refractivity contribution is 5.09. The molecule has 1 nitrogen and oxygen atoms in total. The Balaban J connectivity index is 1.69. The minimum Gasteiger partial charge on any atom is -0.327 e. The molecule has 0 aromatic rings. The summed E-state index contributed by atoms with van der Waals surface area (Å²) in [5.41, 5.74) is 8.06. The number of nitrogens with two attached hydrogens (primary N) is 1. The standard InChI is InChI=1S/C19H33N/c1-18-9-5-7-14(18)17-15(8-11-18)19(2)10-4-3-6-13(19)12-16(17)20/h13-17H,3-12,20H2,1-2H3/t13?,14-,15-,16+,17-,18-,19-/m0/s1. The van der Waals surface area contributed by atoms with Crippen LogP contribution in [0.4, 0.5) is 0 Å². The first-order valence-electron chi connectivity index (χ1n) is 9.30. The third kappa shape index (κ3) is 1.71. The molecule has 2 N–H and O–H groups in total. The minimum atomic E-state index is 0.513. The Morgan fingerprint density at radius 3 is 2.55 bits per heavy atom. The molecule has 0 aliphatic heterocycles. The number of rotatable bonds is 0. The fraction of sp³-hybridized carbons (Fsp3) is 1.00. The van der Waals surface area contributed by atoms with Gasteiger partial charge in [-0.3, -0.25) is 0 Å². The van der Waals surface area contributed by atoms with Gasteiger partial charge in [0.25, 0.3) is 0 Å². The lowest BCUT2D eigenvalue weighted by atomic mass is 9.44. The maximum absolute atomic E-state index is 6.77. The summed E-state index contributed by atoms with van der Waals surface area (Å²) < 4.78 is 0. The topological polar surface area (TPSA) is 26.0 Å². The second kappa shape index (κ2) is 4.48.